The highest BCUT2D eigenvalue weighted by Gasteiger charge is 2.19. The van der Waals surface area contributed by atoms with Gasteiger partial charge in [0.2, 0.25) is 5.88 Å². The maximum Gasteiger partial charge on any atom is 0.242 e. The third-order valence-electron chi connectivity index (χ3n) is 3.07. The smallest absolute Gasteiger partial charge is 0.242 e. The molecule has 0 unspecified atom stereocenters. The molecule has 0 spiro atoms. The van der Waals surface area contributed by atoms with E-state index in [-0.39, 0.29) is 5.41 Å². The largest absolute Gasteiger partial charge is 0.437 e. The Balaban J connectivity index is 2.42. The minimum absolute atomic E-state index is 0.00911. The van der Waals surface area contributed by atoms with Gasteiger partial charge in [0.05, 0.1) is 5.69 Å². The standard InChI is InChI=1S/C16H20N2O/c1-11-9-10-18-15(14(11)17)19-13-8-6-5-7-12(13)16(2,3)4/h5-10H,17H2,1-4H3. The summed E-state index contributed by atoms with van der Waals surface area (Å²) in [6, 6.07) is 9.86. The van der Waals surface area contributed by atoms with Gasteiger partial charge in [-0.2, -0.15) is 0 Å². The number of pyridine rings is 1. The lowest BCUT2D eigenvalue weighted by molar-refractivity contribution is 0.442. The minimum atomic E-state index is 0.00911. The summed E-state index contributed by atoms with van der Waals surface area (Å²) in [6.07, 6.45) is 1.71. The molecule has 2 aromatic rings. The quantitative estimate of drug-likeness (QED) is 0.881. The van der Waals surface area contributed by atoms with E-state index in [1.54, 1.807) is 6.20 Å². The van der Waals surface area contributed by atoms with Crippen LogP contribution in [0.2, 0.25) is 0 Å². The van der Waals surface area contributed by atoms with Crippen molar-refractivity contribution in [3.8, 4) is 11.6 Å². The summed E-state index contributed by atoms with van der Waals surface area (Å²) in [7, 11) is 0. The van der Waals surface area contributed by atoms with Crippen LogP contribution in [0.25, 0.3) is 0 Å². The second kappa shape index (κ2) is 4.92. The molecule has 0 aliphatic rings. The zero-order chi connectivity index (χ0) is 14.0. The highest BCUT2D eigenvalue weighted by molar-refractivity contribution is 5.55. The Morgan fingerprint density at radius 3 is 2.47 bits per heavy atom. The molecule has 100 valence electrons. The van der Waals surface area contributed by atoms with Crippen LogP contribution in [0.1, 0.15) is 31.9 Å². The monoisotopic (exact) mass is 256 g/mol. The van der Waals surface area contributed by atoms with Crippen LogP contribution in [0.4, 0.5) is 5.69 Å². The Hall–Kier alpha value is -2.03. The fourth-order valence-corrected chi connectivity index (χ4v) is 1.91. The molecule has 3 heteroatoms. The first-order chi connectivity index (χ1) is 8.89. The second-order valence-corrected chi connectivity index (χ2v) is 5.69. The third-order valence-corrected chi connectivity index (χ3v) is 3.07. The molecule has 0 aliphatic carbocycles. The van der Waals surface area contributed by atoms with Crippen molar-refractivity contribution in [3.63, 3.8) is 0 Å². The van der Waals surface area contributed by atoms with E-state index in [0.29, 0.717) is 11.6 Å². The summed E-state index contributed by atoms with van der Waals surface area (Å²) in [4.78, 5) is 4.21. The molecular weight excluding hydrogens is 236 g/mol. The van der Waals surface area contributed by atoms with Crippen LogP contribution in [0, 0.1) is 6.92 Å². The molecule has 2 rings (SSSR count). The Bertz CT molecular complexity index is 586. The zero-order valence-electron chi connectivity index (χ0n) is 11.9. The minimum Gasteiger partial charge on any atom is -0.437 e. The molecule has 0 atom stereocenters. The van der Waals surface area contributed by atoms with E-state index < -0.39 is 0 Å². The van der Waals surface area contributed by atoms with Crippen molar-refractivity contribution in [2.45, 2.75) is 33.1 Å². The predicted molar refractivity (Wildman–Crippen MR) is 78.6 cm³/mol. The van der Waals surface area contributed by atoms with E-state index in [1.807, 2.05) is 31.2 Å². The zero-order valence-corrected chi connectivity index (χ0v) is 11.9. The number of nitrogens with zero attached hydrogens (tertiary/aromatic N) is 1. The topological polar surface area (TPSA) is 48.1 Å². The van der Waals surface area contributed by atoms with Gasteiger partial charge >= 0.3 is 0 Å². The van der Waals surface area contributed by atoms with Crippen molar-refractivity contribution < 1.29 is 4.74 Å². The van der Waals surface area contributed by atoms with Gasteiger partial charge in [0.1, 0.15) is 5.75 Å². The number of nitrogens with two attached hydrogens (primary N) is 1. The van der Waals surface area contributed by atoms with Gasteiger partial charge in [-0.3, -0.25) is 0 Å². The van der Waals surface area contributed by atoms with Crippen LogP contribution in [0.5, 0.6) is 11.6 Å². The van der Waals surface area contributed by atoms with Crippen LogP contribution in [-0.2, 0) is 5.41 Å². The van der Waals surface area contributed by atoms with Gasteiger partial charge in [-0.25, -0.2) is 4.98 Å². The molecule has 1 heterocycles. The molecule has 1 aromatic carbocycles. The molecule has 3 nitrogen and oxygen atoms in total. The molecule has 0 saturated heterocycles. The molecule has 1 aromatic heterocycles. The van der Waals surface area contributed by atoms with E-state index in [2.05, 4.69) is 31.8 Å². The highest BCUT2D eigenvalue weighted by atomic mass is 16.5. The predicted octanol–water partition coefficient (Wildman–Crippen LogP) is 4.06. The average molecular weight is 256 g/mol. The van der Waals surface area contributed by atoms with E-state index in [0.717, 1.165) is 16.9 Å². The van der Waals surface area contributed by atoms with E-state index >= 15 is 0 Å². The fraction of sp³-hybridized carbons (Fsp3) is 0.312. The third kappa shape index (κ3) is 2.87. The lowest BCUT2D eigenvalue weighted by atomic mass is 9.86. The van der Waals surface area contributed by atoms with Gasteiger partial charge in [0.15, 0.2) is 0 Å². The Morgan fingerprint density at radius 1 is 1.11 bits per heavy atom. The van der Waals surface area contributed by atoms with Crippen LogP contribution in [0.3, 0.4) is 0 Å². The van der Waals surface area contributed by atoms with E-state index in [1.165, 1.54) is 0 Å². The van der Waals surface area contributed by atoms with Crippen molar-refractivity contribution in [2.24, 2.45) is 0 Å². The lowest BCUT2D eigenvalue weighted by Crippen LogP contribution is -2.12. The first-order valence-electron chi connectivity index (χ1n) is 6.38. The first-order valence-corrected chi connectivity index (χ1v) is 6.38. The lowest BCUT2D eigenvalue weighted by Gasteiger charge is -2.22. The number of rotatable bonds is 2. The molecule has 0 radical (unpaired) electrons. The summed E-state index contributed by atoms with van der Waals surface area (Å²) >= 11 is 0. The summed E-state index contributed by atoms with van der Waals surface area (Å²) in [6.45, 7) is 8.41. The van der Waals surface area contributed by atoms with Crippen molar-refractivity contribution in [1.29, 1.82) is 0 Å². The van der Waals surface area contributed by atoms with Crippen LogP contribution >= 0.6 is 0 Å². The Morgan fingerprint density at radius 2 is 1.79 bits per heavy atom. The second-order valence-electron chi connectivity index (χ2n) is 5.69. The van der Waals surface area contributed by atoms with Crippen LogP contribution < -0.4 is 10.5 Å². The van der Waals surface area contributed by atoms with Crippen LogP contribution in [-0.4, -0.2) is 4.98 Å². The number of nitrogen functional groups attached to an aromatic ring is 1. The SMILES string of the molecule is Cc1ccnc(Oc2ccccc2C(C)(C)C)c1N. The first kappa shape index (κ1) is 13.4. The molecule has 19 heavy (non-hydrogen) atoms. The normalized spacial score (nSPS) is 11.4. The number of ether oxygens (including phenoxy) is 1. The number of hydrogen-bond acceptors (Lipinski definition) is 3. The van der Waals surface area contributed by atoms with E-state index in [9.17, 15) is 0 Å². The van der Waals surface area contributed by atoms with Gasteiger partial charge in [-0.15, -0.1) is 0 Å². The van der Waals surface area contributed by atoms with Gasteiger partial charge in [-0.05, 0) is 30.0 Å². The van der Waals surface area contributed by atoms with Crippen molar-refractivity contribution >= 4 is 5.69 Å². The number of anilines is 1. The van der Waals surface area contributed by atoms with E-state index in [4.69, 9.17) is 10.5 Å². The Labute approximate surface area is 114 Å². The molecule has 0 fully saturated rings. The van der Waals surface area contributed by atoms with Gasteiger partial charge in [0.25, 0.3) is 0 Å². The number of para-hydroxylation sites is 1. The van der Waals surface area contributed by atoms with Gasteiger partial charge in [0, 0.05) is 11.8 Å². The van der Waals surface area contributed by atoms with Crippen LogP contribution in [0.15, 0.2) is 36.5 Å². The molecule has 0 saturated carbocycles. The molecular formula is C16H20N2O. The number of aromatic nitrogens is 1. The van der Waals surface area contributed by atoms with Gasteiger partial charge < -0.3 is 10.5 Å². The number of hydrogen-bond donors (Lipinski definition) is 1. The molecule has 0 aliphatic heterocycles. The van der Waals surface area contributed by atoms with Crippen molar-refractivity contribution in [2.75, 3.05) is 5.73 Å². The number of aryl methyl sites for hydroxylation is 1. The summed E-state index contributed by atoms with van der Waals surface area (Å²) in [5.74, 6) is 1.27. The molecule has 0 amide bonds. The highest BCUT2D eigenvalue weighted by Crippen LogP contribution is 2.35. The average Bonchev–Trinajstić information content (AvgIpc) is 2.34. The van der Waals surface area contributed by atoms with Crippen molar-refractivity contribution in [1.82, 2.24) is 4.98 Å². The molecule has 0 bridgehead atoms. The summed E-state index contributed by atoms with van der Waals surface area (Å²) in [5.41, 5.74) is 8.71. The summed E-state index contributed by atoms with van der Waals surface area (Å²) in [5, 5.41) is 0. The molecule has 2 N–H and O–H groups in total. The maximum absolute atomic E-state index is 6.00. The summed E-state index contributed by atoms with van der Waals surface area (Å²) < 4.78 is 5.91. The Kier molecular flexibility index (Phi) is 3.47. The maximum atomic E-state index is 6.00. The number of benzene rings is 1. The van der Waals surface area contributed by atoms with Crippen molar-refractivity contribution in [3.05, 3.63) is 47.7 Å². The van der Waals surface area contributed by atoms with Gasteiger partial charge in [-0.1, -0.05) is 39.0 Å². The fourth-order valence-electron chi connectivity index (χ4n) is 1.91.